The summed E-state index contributed by atoms with van der Waals surface area (Å²) in [5.74, 6) is -0.0203. The van der Waals surface area contributed by atoms with Crippen molar-refractivity contribution in [1.82, 2.24) is 35.1 Å². The van der Waals surface area contributed by atoms with Crippen LogP contribution in [-0.4, -0.2) is 54.1 Å². The van der Waals surface area contributed by atoms with Gasteiger partial charge >= 0.3 is 0 Å². The summed E-state index contributed by atoms with van der Waals surface area (Å²) in [4.78, 5) is 19.2. The fourth-order valence-corrected chi connectivity index (χ4v) is 3.86. The van der Waals surface area contributed by atoms with E-state index in [0.717, 1.165) is 40.7 Å². The SMILES string of the molecule is Cc1ccc2[nH]nc(C(=O)N3CCC(n4cc(-c5ccccn5)nn4)CC3)c2c1. The predicted octanol–water partition coefficient (Wildman–Crippen LogP) is 3.00. The number of amides is 1. The van der Waals surface area contributed by atoms with Gasteiger partial charge in [0.1, 0.15) is 5.69 Å². The van der Waals surface area contributed by atoms with Crippen molar-refractivity contribution in [2.75, 3.05) is 13.1 Å². The van der Waals surface area contributed by atoms with Gasteiger partial charge in [0.25, 0.3) is 5.91 Å². The summed E-state index contributed by atoms with van der Waals surface area (Å²) in [6, 6.07) is 11.9. The van der Waals surface area contributed by atoms with Gasteiger partial charge in [-0.05, 0) is 44.0 Å². The molecule has 1 N–H and O–H groups in total. The Morgan fingerprint density at radius 1 is 1.14 bits per heavy atom. The maximum Gasteiger partial charge on any atom is 0.274 e. The minimum Gasteiger partial charge on any atom is -0.337 e. The van der Waals surface area contributed by atoms with Crippen LogP contribution < -0.4 is 0 Å². The molecule has 1 aliphatic heterocycles. The van der Waals surface area contributed by atoms with Crippen LogP contribution in [-0.2, 0) is 0 Å². The van der Waals surface area contributed by atoms with Crippen LogP contribution in [0, 0.1) is 6.92 Å². The van der Waals surface area contributed by atoms with Gasteiger partial charge < -0.3 is 4.90 Å². The summed E-state index contributed by atoms with van der Waals surface area (Å²) in [6.45, 7) is 3.36. The summed E-state index contributed by atoms with van der Waals surface area (Å²) in [5.41, 5.74) is 4.08. The van der Waals surface area contributed by atoms with Crippen molar-refractivity contribution in [2.45, 2.75) is 25.8 Å². The molecule has 1 aliphatic rings. The van der Waals surface area contributed by atoms with Crippen LogP contribution in [0.3, 0.4) is 0 Å². The van der Waals surface area contributed by atoms with E-state index in [0.29, 0.717) is 18.8 Å². The number of H-pyrrole nitrogens is 1. The Kier molecular flexibility index (Phi) is 4.31. The van der Waals surface area contributed by atoms with E-state index in [1.54, 1.807) is 6.20 Å². The van der Waals surface area contributed by atoms with E-state index in [1.165, 1.54) is 0 Å². The molecule has 29 heavy (non-hydrogen) atoms. The number of carbonyl (C=O) groups excluding carboxylic acids is 1. The number of aryl methyl sites for hydroxylation is 1. The highest BCUT2D eigenvalue weighted by atomic mass is 16.2. The lowest BCUT2D eigenvalue weighted by molar-refractivity contribution is 0.0685. The number of nitrogens with one attached hydrogen (secondary N) is 1. The largest absolute Gasteiger partial charge is 0.337 e. The molecule has 1 fully saturated rings. The minimum absolute atomic E-state index is 0.0203. The van der Waals surface area contributed by atoms with Gasteiger partial charge in [-0.2, -0.15) is 5.10 Å². The van der Waals surface area contributed by atoms with E-state index in [9.17, 15) is 4.79 Å². The van der Waals surface area contributed by atoms with Gasteiger partial charge in [-0.15, -0.1) is 5.10 Å². The third kappa shape index (κ3) is 3.26. The monoisotopic (exact) mass is 387 g/mol. The zero-order valence-corrected chi connectivity index (χ0v) is 16.1. The smallest absolute Gasteiger partial charge is 0.274 e. The Balaban J connectivity index is 1.28. The number of benzene rings is 1. The number of rotatable bonds is 3. The molecule has 1 saturated heterocycles. The molecule has 4 heterocycles. The van der Waals surface area contributed by atoms with Crippen LogP contribution in [0.25, 0.3) is 22.3 Å². The number of hydrogen-bond donors (Lipinski definition) is 1. The number of pyridine rings is 1. The lowest BCUT2D eigenvalue weighted by Crippen LogP contribution is -2.39. The average molecular weight is 387 g/mol. The Morgan fingerprint density at radius 2 is 2.00 bits per heavy atom. The van der Waals surface area contributed by atoms with Crippen LogP contribution in [0.5, 0.6) is 0 Å². The molecular formula is C21H21N7O. The zero-order valence-electron chi connectivity index (χ0n) is 16.1. The molecule has 0 radical (unpaired) electrons. The molecule has 8 heteroatoms. The second kappa shape index (κ2) is 7.12. The normalized spacial score (nSPS) is 15.1. The van der Waals surface area contributed by atoms with Crippen molar-refractivity contribution >= 4 is 16.8 Å². The summed E-state index contributed by atoms with van der Waals surface area (Å²) < 4.78 is 1.90. The average Bonchev–Trinajstić information content (AvgIpc) is 3.41. The molecule has 1 amide bonds. The molecule has 0 spiro atoms. The first-order valence-electron chi connectivity index (χ1n) is 9.76. The lowest BCUT2D eigenvalue weighted by atomic mass is 10.0. The van der Waals surface area contributed by atoms with E-state index in [2.05, 4.69) is 25.5 Å². The van der Waals surface area contributed by atoms with Crippen LogP contribution >= 0.6 is 0 Å². The Bertz CT molecular complexity index is 1160. The quantitative estimate of drug-likeness (QED) is 0.583. The third-order valence-corrected chi connectivity index (χ3v) is 5.48. The lowest BCUT2D eigenvalue weighted by Gasteiger charge is -2.31. The number of hydrogen-bond acceptors (Lipinski definition) is 5. The van der Waals surface area contributed by atoms with Crippen molar-refractivity contribution in [3.8, 4) is 11.4 Å². The minimum atomic E-state index is -0.0203. The van der Waals surface area contributed by atoms with Crippen LogP contribution in [0.1, 0.15) is 34.9 Å². The Labute approximate surface area is 167 Å². The van der Waals surface area contributed by atoms with Crippen LogP contribution in [0.15, 0.2) is 48.8 Å². The molecule has 1 aromatic carbocycles. The fourth-order valence-electron chi connectivity index (χ4n) is 3.86. The molecule has 8 nitrogen and oxygen atoms in total. The number of fused-ring (bicyclic) bond motifs is 1. The second-order valence-electron chi connectivity index (χ2n) is 7.44. The highest BCUT2D eigenvalue weighted by molar-refractivity contribution is 6.04. The maximum absolute atomic E-state index is 13.0. The maximum atomic E-state index is 13.0. The number of piperidine rings is 1. The molecule has 0 atom stereocenters. The molecule has 146 valence electrons. The molecule has 0 saturated carbocycles. The fraction of sp³-hybridized carbons (Fsp3) is 0.286. The predicted molar refractivity (Wildman–Crippen MR) is 108 cm³/mol. The van der Waals surface area contributed by atoms with Gasteiger partial charge in [-0.3, -0.25) is 14.9 Å². The molecule has 0 unspecified atom stereocenters. The molecule has 0 bridgehead atoms. The highest BCUT2D eigenvalue weighted by Gasteiger charge is 2.27. The van der Waals surface area contributed by atoms with E-state index in [1.807, 2.05) is 59.1 Å². The molecule has 3 aromatic heterocycles. The molecular weight excluding hydrogens is 366 g/mol. The molecule has 0 aliphatic carbocycles. The number of nitrogens with zero attached hydrogens (tertiary/aromatic N) is 6. The topological polar surface area (TPSA) is 92.6 Å². The number of carbonyl (C=O) groups is 1. The van der Waals surface area contributed by atoms with Gasteiger partial charge in [0.15, 0.2) is 5.69 Å². The van der Waals surface area contributed by atoms with Crippen molar-refractivity contribution in [3.05, 3.63) is 60.0 Å². The van der Waals surface area contributed by atoms with Crippen LogP contribution in [0.2, 0.25) is 0 Å². The van der Waals surface area contributed by atoms with Gasteiger partial charge in [-0.1, -0.05) is 22.9 Å². The van der Waals surface area contributed by atoms with E-state index >= 15 is 0 Å². The van der Waals surface area contributed by atoms with Crippen molar-refractivity contribution in [1.29, 1.82) is 0 Å². The zero-order chi connectivity index (χ0) is 19.8. The van der Waals surface area contributed by atoms with Crippen molar-refractivity contribution in [3.63, 3.8) is 0 Å². The first-order chi connectivity index (χ1) is 14.2. The Hall–Kier alpha value is -3.55. The van der Waals surface area contributed by atoms with E-state index in [-0.39, 0.29) is 11.9 Å². The number of likely N-dealkylation sites (tertiary alicyclic amines) is 1. The first-order valence-corrected chi connectivity index (χ1v) is 9.76. The summed E-state index contributed by atoms with van der Waals surface area (Å²) in [7, 11) is 0. The van der Waals surface area contributed by atoms with E-state index in [4.69, 9.17) is 0 Å². The molecule has 4 aromatic rings. The van der Waals surface area contributed by atoms with Gasteiger partial charge in [0.2, 0.25) is 0 Å². The summed E-state index contributed by atoms with van der Waals surface area (Å²) in [5, 5.41) is 16.7. The van der Waals surface area contributed by atoms with Gasteiger partial charge in [-0.25, -0.2) is 4.68 Å². The second-order valence-corrected chi connectivity index (χ2v) is 7.44. The number of aromatic nitrogens is 6. The highest BCUT2D eigenvalue weighted by Crippen LogP contribution is 2.26. The van der Waals surface area contributed by atoms with Crippen molar-refractivity contribution in [2.24, 2.45) is 0 Å². The van der Waals surface area contributed by atoms with Gasteiger partial charge in [0, 0.05) is 24.7 Å². The van der Waals surface area contributed by atoms with Crippen molar-refractivity contribution < 1.29 is 4.79 Å². The van der Waals surface area contributed by atoms with Crippen LogP contribution in [0.4, 0.5) is 0 Å². The summed E-state index contributed by atoms with van der Waals surface area (Å²) >= 11 is 0. The van der Waals surface area contributed by atoms with E-state index < -0.39 is 0 Å². The summed E-state index contributed by atoms with van der Waals surface area (Å²) in [6.07, 6.45) is 5.35. The Morgan fingerprint density at radius 3 is 2.79 bits per heavy atom. The first kappa shape index (κ1) is 17.5. The van der Waals surface area contributed by atoms with Gasteiger partial charge in [0.05, 0.1) is 23.4 Å². The molecule has 5 rings (SSSR count). The standard InChI is InChI=1S/C21H21N7O/c1-14-5-6-17-16(12-14)20(25-23-17)21(29)27-10-7-15(8-11-27)28-13-19(24-26-28)18-4-2-3-9-22-18/h2-6,9,12-13,15H,7-8,10-11H2,1H3,(H,23,25). The third-order valence-electron chi connectivity index (χ3n) is 5.48. The number of aromatic amines is 1.